The third-order valence-electron chi connectivity index (χ3n) is 15.7. The molecule has 0 saturated heterocycles. The van der Waals surface area contributed by atoms with Crippen LogP contribution in [0.4, 0.5) is 0 Å². The highest BCUT2D eigenvalue weighted by Gasteiger charge is 2.19. The van der Waals surface area contributed by atoms with Crippen molar-refractivity contribution in [3.63, 3.8) is 0 Å². The number of hydrogen-bond donors (Lipinski definition) is 0. The van der Waals surface area contributed by atoms with Crippen molar-refractivity contribution in [3.8, 4) is 0 Å². The number of rotatable bonds is 65. The first-order valence-corrected chi connectivity index (χ1v) is 35.3. The highest BCUT2D eigenvalue weighted by molar-refractivity contribution is 5.71. The lowest BCUT2D eigenvalue weighted by atomic mass is 10.0. The Hall–Kier alpha value is -2.89. The molecular weight excluding hydrogens is 985 g/mol. The largest absolute Gasteiger partial charge is 0.462 e. The van der Waals surface area contributed by atoms with E-state index in [4.69, 9.17) is 14.2 Å². The Kier molecular flexibility index (Phi) is 66.1. The topological polar surface area (TPSA) is 78.9 Å². The molecule has 0 N–H and O–H groups in total. The Balaban J connectivity index is 4.24. The van der Waals surface area contributed by atoms with E-state index in [0.717, 1.165) is 89.9 Å². The number of hydrogen-bond acceptors (Lipinski definition) is 6. The quantitative estimate of drug-likeness (QED) is 0.0261. The highest BCUT2D eigenvalue weighted by Crippen LogP contribution is 2.18. The van der Waals surface area contributed by atoms with Crippen LogP contribution in [0.2, 0.25) is 0 Å². The average Bonchev–Trinajstić information content (AvgIpc) is 3.46. The monoisotopic (exact) mass is 1120 g/mol. The number of carbonyl (C=O) groups excluding carboxylic acids is 3. The van der Waals surface area contributed by atoms with Gasteiger partial charge in [0.2, 0.25) is 0 Å². The second-order valence-electron chi connectivity index (χ2n) is 23.8. The highest BCUT2D eigenvalue weighted by atomic mass is 16.6. The third kappa shape index (κ3) is 65.9. The molecule has 0 spiro atoms. The molecule has 466 valence electrons. The van der Waals surface area contributed by atoms with Crippen LogP contribution >= 0.6 is 0 Å². The molecule has 0 aliphatic heterocycles. The molecule has 0 amide bonds. The smallest absolute Gasteiger partial charge is 0.306 e. The lowest BCUT2D eigenvalue weighted by Gasteiger charge is -2.18. The van der Waals surface area contributed by atoms with Gasteiger partial charge in [-0.15, -0.1) is 0 Å². The number of allylic oxidation sites excluding steroid dienone is 10. The van der Waals surface area contributed by atoms with E-state index in [9.17, 15) is 14.4 Å². The van der Waals surface area contributed by atoms with Crippen LogP contribution in [0.25, 0.3) is 0 Å². The zero-order chi connectivity index (χ0) is 57.8. The fraction of sp³-hybridized carbons (Fsp3) is 0.824. The van der Waals surface area contributed by atoms with Gasteiger partial charge >= 0.3 is 17.9 Å². The predicted molar refractivity (Wildman–Crippen MR) is 348 cm³/mol. The number of unbranched alkanes of at least 4 members (excludes halogenated alkanes) is 44. The normalized spacial score (nSPS) is 12.4. The van der Waals surface area contributed by atoms with Crippen molar-refractivity contribution < 1.29 is 28.6 Å². The lowest BCUT2D eigenvalue weighted by Crippen LogP contribution is -2.30. The van der Waals surface area contributed by atoms with Gasteiger partial charge in [0.15, 0.2) is 6.10 Å². The van der Waals surface area contributed by atoms with Gasteiger partial charge in [0.1, 0.15) is 13.2 Å². The van der Waals surface area contributed by atoms with Gasteiger partial charge in [0, 0.05) is 19.3 Å². The Bertz CT molecular complexity index is 1430. The van der Waals surface area contributed by atoms with Crippen molar-refractivity contribution in [1.82, 2.24) is 0 Å². The van der Waals surface area contributed by atoms with Crippen LogP contribution in [-0.2, 0) is 28.6 Å². The summed E-state index contributed by atoms with van der Waals surface area (Å²) >= 11 is 0. The fourth-order valence-electron chi connectivity index (χ4n) is 10.4. The Labute approximate surface area is 498 Å². The van der Waals surface area contributed by atoms with Gasteiger partial charge in [-0.3, -0.25) is 14.4 Å². The van der Waals surface area contributed by atoms with E-state index < -0.39 is 6.10 Å². The van der Waals surface area contributed by atoms with E-state index in [0.29, 0.717) is 19.3 Å². The van der Waals surface area contributed by atoms with Crippen LogP contribution in [0.15, 0.2) is 60.8 Å². The van der Waals surface area contributed by atoms with Crippen molar-refractivity contribution in [2.24, 2.45) is 0 Å². The summed E-state index contributed by atoms with van der Waals surface area (Å²) < 4.78 is 17.0. The fourth-order valence-corrected chi connectivity index (χ4v) is 10.4. The molecule has 1 unspecified atom stereocenters. The van der Waals surface area contributed by atoms with E-state index in [1.165, 1.54) is 244 Å². The van der Waals surface area contributed by atoms with Crippen LogP contribution in [0, 0.1) is 0 Å². The summed E-state index contributed by atoms with van der Waals surface area (Å²) in [5, 5.41) is 0. The summed E-state index contributed by atoms with van der Waals surface area (Å²) in [6.07, 6.45) is 88.2. The van der Waals surface area contributed by atoms with Gasteiger partial charge in [-0.2, -0.15) is 0 Å². The van der Waals surface area contributed by atoms with E-state index in [-0.39, 0.29) is 31.1 Å². The summed E-state index contributed by atoms with van der Waals surface area (Å²) in [6, 6.07) is 0. The molecule has 1 atom stereocenters. The minimum absolute atomic E-state index is 0.0791. The van der Waals surface area contributed by atoms with E-state index >= 15 is 0 Å². The van der Waals surface area contributed by atoms with Gasteiger partial charge in [0.05, 0.1) is 0 Å². The molecule has 0 heterocycles. The average molecular weight is 1120 g/mol. The van der Waals surface area contributed by atoms with Crippen LogP contribution in [0.3, 0.4) is 0 Å². The third-order valence-corrected chi connectivity index (χ3v) is 15.7. The standard InChI is InChI=1S/C74H134O6/c1-4-7-10-13-16-19-22-25-28-30-32-33-34-35-36-37-38-39-40-41-42-44-46-49-52-55-58-61-64-67-73(76)79-70-71(69-78-72(75)66-63-60-57-54-51-48-45-27-24-21-18-15-12-9-6-3)80-74(77)68-65-62-59-56-53-50-47-43-31-29-26-23-20-17-14-11-8-5-2/h18,20-21,23,27,29-32,45,71H,4-17,19,22,24-26,28,33-44,46-70H2,1-3H3/b21-18-,23-20-,31-29-,32-30-,45-27-. The predicted octanol–water partition coefficient (Wildman–Crippen LogP) is 24.3. The van der Waals surface area contributed by atoms with Gasteiger partial charge in [-0.05, 0) is 109 Å². The number of esters is 3. The summed E-state index contributed by atoms with van der Waals surface area (Å²) in [7, 11) is 0. The Morgan fingerprint density at radius 1 is 0.250 bits per heavy atom. The molecule has 6 nitrogen and oxygen atoms in total. The van der Waals surface area contributed by atoms with Crippen molar-refractivity contribution in [3.05, 3.63) is 60.8 Å². The van der Waals surface area contributed by atoms with Gasteiger partial charge < -0.3 is 14.2 Å². The summed E-state index contributed by atoms with van der Waals surface area (Å²) in [5.41, 5.74) is 0. The zero-order valence-corrected chi connectivity index (χ0v) is 53.6. The van der Waals surface area contributed by atoms with Gasteiger partial charge in [-0.25, -0.2) is 0 Å². The molecule has 0 aliphatic carbocycles. The molecule has 0 radical (unpaired) electrons. The van der Waals surface area contributed by atoms with Gasteiger partial charge in [-0.1, -0.05) is 306 Å². The van der Waals surface area contributed by atoms with Crippen LogP contribution in [0.1, 0.15) is 374 Å². The first kappa shape index (κ1) is 77.1. The molecule has 0 aromatic carbocycles. The zero-order valence-electron chi connectivity index (χ0n) is 53.6. The summed E-state index contributed by atoms with van der Waals surface area (Å²) in [6.45, 7) is 6.63. The molecule has 0 bridgehead atoms. The molecule has 0 fully saturated rings. The molecular formula is C74H134O6. The van der Waals surface area contributed by atoms with Crippen LogP contribution < -0.4 is 0 Å². The van der Waals surface area contributed by atoms with Crippen molar-refractivity contribution in [2.45, 2.75) is 380 Å². The molecule has 0 aromatic rings. The number of carbonyl (C=O) groups is 3. The van der Waals surface area contributed by atoms with Crippen LogP contribution in [-0.4, -0.2) is 37.2 Å². The molecule has 0 rings (SSSR count). The molecule has 6 heteroatoms. The second-order valence-corrected chi connectivity index (χ2v) is 23.8. The number of ether oxygens (including phenoxy) is 3. The molecule has 0 aliphatic rings. The summed E-state index contributed by atoms with van der Waals surface area (Å²) in [5.74, 6) is -0.880. The molecule has 80 heavy (non-hydrogen) atoms. The van der Waals surface area contributed by atoms with Crippen molar-refractivity contribution in [1.29, 1.82) is 0 Å². The second kappa shape index (κ2) is 68.6. The minimum atomic E-state index is -0.785. The Morgan fingerprint density at radius 3 is 0.738 bits per heavy atom. The minimum Gasteiger partial charge on any atom is -0.462 e. The van der Waals surface area contributed by atoms with Crippen molar-refractivity contribution in [2.75, 3.05) is 13.2 Å². The Morgan fingerprint density at radius 2 is 0.450 bits per heavy atom. The first-order chi connectivity index (χ1) is 39.5. The van der Waals surface area contributed by atoms with Crippen molar-refractivity contribution >= 4 is 17.9 Å². The lowest BCUT2D eigenvalue weighted by molar-refractivity contribution is -0.167. The molecule has 0 aromatic heterocycles. The first-order valence-electron chi connectivity index (χ1n) is 35.3. The van der Waals surface area contributed by atoms with Gasteiger partial charge in [0.25, 0.3) is 0 Å². The van der Waals surface area contributed by atoms with Crippen LogP contribution in [0.5, 0.6) is 0 Å². The maximum absolute atomic E-state index is 12.9. The van der Waals surface area contributed by atoms with E-state index in [1.54, 1.807) is 0 Å². The van der Waals surface area contributed by atoms with E-state index in [1.807, 2.05) is 0 Å². The maximum atomic E-state index is 12.9. The summed E-state index contributed by atoms with van der Waals surface area (Å²) in [4.78, 5) is 38.4. The van der Waals surface area contributed by atoms with E-state index in [2.05, 4.69) is 81.5 Å². The SMILES string of the molecule is CCCCC/C=C\C/C=C\CCCCCCCC(=O)OCC(COC(=O)CCCCCCCCCCCCCCCCCCC/C=C\CCCCCCCCCC)OC(=O)CCCCCCCCC/C=C\C/C=C\CCCCCC. The maximum Gasteiger partial charge on any atom is 0.306 e. The molecule has 0 saturated carbocycles.